The SMILES string of the molecule is COC(=O)c1sc(C(C)=O)c2c1CCC(C)CC2. The van der Waals surface area contributed by atoms with Gasteiger partial charge in [0.05, 0.1) is 12.0 Å². The van der Waals surface area contributed by atoms with Crippen LogP contribution in [0.25, 0.3) is 0 Å². The largest absolute Gasteiger partial charge is 0.465 e. The Hall–Kier alpha value is -1.16. The molecule has 1 atom stereocenters. The van der Waals surface area contributed by atoms with Crippen LogP contribution in [0.5, 0.6) is 0 Å². The highest BCUT2D eigenvalue weighted by Crippen LogP contribution is 2.35. The minimum absolute atomic E-state index is 0.0564. The Morgan fingerprint density at radius 3 is 2.22 bits per heavy atom. The first-order valence-corrected chi connectivity index (χ1v) is 7.10. The molecule has 2 rings (SSSR count). The highest BCUT2D eigenvalue weighted by molar-refractivity contribution is 7.16. The fourth-order valence-electron chi connectivity index (χ4n) is 2.50. The van der Waals surface area contributed by atoms with Gasteiger partial charge >= 0.3 is 5.97 Å². The first-order valence-electron chi connectivity index (χ1n) is 6.28. The molecule has 0 saturated carbocycles. The van der Waals surface area contributed by atoms with E-state index in [1.165, 1.54) is 18.4 Å². The molecule has 98 valence electrons. The van der Waals surface area contributed by atoms with Crippen molar-refractivity contribution >= 4 is 23.1 Å². The molecule has 4 heteroatoms. The summed E-state index contributed by atoms with van der Waals surface area (Å²) in [6, 6.07) is 0. The quantitative estimate of drug-likeness (QED) is 0.469. The second kappa shape index (κ2) is 5.22. The van der Waals surface area contributed by atoms with Crippen molar-refractivity contribution < 1.29 is 14.3 Å². The summed E-state index contributed by atoms with van der Waals surface area (Å²) in [6.07, 6.45) is 3.94. The third-order valence-corrected chi connectivity index (χ3v) is 4.94. The zero-order chi connectivity index (χ0) is 13.3. The number of esters is 1. The van der Waals surface area contributed by atoms with Crippen molar-refractivity contribution in [2.75, 3.05) is 7.11 Å². The van der Waals surface area contributed by atoms with Crippen LogP contribution in [0.1, 0.15) is 57.2 Å². The molecule has 1 aromatic heterocycles. The normalized spacial score (nSPS) is 18.9. The second-order valence-electron chi connectivity index (χ2n) is 4.95. The van der Waals surface area contributed by atoms with Crippen molar-refractivity contribution in [3.8, 4) is 0 Å². The van der Waals surface area contributed by atoms with E-state index in [0.29, 0.717) is 10.8 Å². The Morgan fingerprint density at radius 1 is 1.17 bits per heavy atom. The predicted molar refractivity (Wildman–Crippen MR) is 71.5 cm³/mol. The van der Waals surface area contributed by atoms with Gasteiger partial charge in [0.25, 0.3) is 0 Å². The lowest BCUT2D eigenvalue weighted by Crippen LogP contribution is -2.03. The van der Waals surface area contributed by atoms with Crippen molar-refractivity contribution in [1.82, 2.24) is 0 Å². The van der Waals surface area contributed by atoms with E-state index in [4.69, 9.17) is 4.74 Å². The van der Waals surface area contributed by atoms with Gasteiger partial charge in [0.15, 0.2) is 5.78 Å². The van der Waals surface area contributed by atoms with Gasteiger partial charge in [0.2, 0.25) is 0 Å². The molecule has 1 heterocycles. The van der Waals surface area contributed by atoms with Crippen molar-refractivity contribution in [2.45, 2.75) is 39.5 Å². The van der Waals surface area contributed by atoms with E-state index in [1.54, 1.807) is 6.92 Å². The molecule has 0 amide bonds. The van der Waals surface area contributed by atoms with Crippen molar-refractivity contribution in [3.05, 3.63) is 20.9 Å². The van der Waals surface area contributed by atoms with Gasteiger partial charge < -0.3 is 4.74 Å². The standard InChI is InChI=1S/C14H18O3S/c1-8-4-6-10-11(7-5-8)13(14(16)17-3)18-12(10)9(2)15/h8H,4-7H2,1-3H3. The summed E-state index contributed by atoms with van der Waals surface area (Å²) in [6.45, 7) is 3.79. The highest BCUT2D eigenvalue weighted by Gasteiger charge is 2.27. The first kappa shape index (κ1) is 13.3. The number of carbonyl (C=O) groups excluding carboxylic acids is 2. The molecule has 0 aromatic carbocycles. The summed E-state index contributed by atoms with van der Waals surface area (Å²) in [5.41, 5.74) is 2.15. The van der Waals surface area contributed by atoms with Crippen LogP contribution >= 0.6 is 11.3 Å². The molecule has 0 spiro atoms. The highest BCUT2D eigenvalue weighted by atomic mass is 32.1. The van der Waals surface area contributed by atoms with Gasteiger partial charge in [-0.05, 0) is 49.7 Å². The maximum absolute atomic E-state index is 11.8. The van der Waals surface area contributed by atoms with E-state index >= 15 is 0 Å². The molecule has 1 unspecified atom stereocenters. The van der Waals surface area contributed by atoms with Crippen molar-refractivity contribution in [2.24, 2.45) is 5.92 Å². The summed E-state index contributed by atoms with van der Waals surface area (Å²) in [4.78, 5) is 24.9. The monoisotopic (exact) mass is 266 g/mol. The number of Topliss-reactive ketones (excluding diaryl/α,β-unsaturated/α-hetero) is 1. The Labute approximate surface area is 111 Å². The number of ether oxygens (including phenoxy) is 1. The van der Waals surface area contributed by atoms with E-state index < -0.39 is 0 Å². The van der Waals surface area contributed by atoms with Crippen LogP contribution in [-0.2, 0) is 17.6 Å². The molecule has 18 heavy (non-hydrogen) atoms. The Balaban J connectivity index is 2.51. The van der Waals surface area contributed by atoms with Gasteiger partial charge in [-0.3, -0.25) is 4.79 Å². The summed E-state index contributed by atoms with van der Waals surface area (Å²) in [5.74, 6) is 0.395. The smallest absolute Gasteiger partial charge is 0.348 e. The molecule has 0 bridgehead atoms. The average Bonchev–Trinajstić information content (AvgIpc) is 2.61. The van der Waals surface area contributed by atoms with E-state index in [-0.39, 0.29) is 11.8 Å². The first-order chi connectivity index (χ1) is 8.54. The molecule has 1 aromatic rings. The number of methoxy groups -OCH3 is 1. The third kappa shape index (κ3) is 2.34. The Bertz CT molecular complexity index is 487. The number of hydrogen-bond donors (Lipinski definition) is 0. The van der Waals surface area contributed by atoms with E-state index in [1.807, 2.05) is 0 Å². The Kier molecular flexibility index (Phi) is 3.85. The molecule has 0 saturated heterocycles. The topological polar surface area (TPSA) is 43.4 Å². The zero-order valence-corrected chi connectivity index (χ0v) is 11.9. The summed E-state index contributed by atoms with van der Waals surface area (Å²) < 4.78 is 4.82. The van der Waals surface area contributed by atoms with Crippen molar-refractivity contribution in [1.29, 1.82) is 0 Å². The number of thiophene rings is 1. The number of hydrogen-bond acceptors (Lipinski definition) is 4. The number of ketones is 1. The third-order valence-electron chi connectivity index (χ3n) is 3.58. The van der Waals surface area contributed by atoms with Crippen LogP contribution in [0.4, 0.5) is 0 Å². The molecular formula is C14H18O3S. The van der Waals surface area contributed by atoms with Gasteiger partial charge in [0, 0.05) is 0 Å². The number of fused-ring (bicyclic) bond motifs is 1. The van der Waals surface area contributed by atoms with Gasteiger partial charge in [-0.15, -0.1) is 11.3 Å². The molecule has 0 aliphatic heterocycles. The minimum atomic E-state index is -0.307. The second-order valence-corrected chi connectivity index (χ2v) is 5.97. The molecule has 0 N–H and O–H groups in total. The minimum Gasteiger partial charge on any atom is -0.465 e. The molecule has 1 aliphatic rings. The lowest BCUT2D eigenvalue weighted by atomic mass is 10.0. The van der Waals surface area contributed by atoms with E-state index in [2.05, 4.69) is 6.92 Å². The predicted octanol–water partition coefficient (Wildman–Crippen LogP) is 3.25. The summed E-state index contributed by atoms with van der Waals surface area (Å²) in [5, 5.41) is 0. The number of carbonyl (C=O) groups is 2. The maximum Gasteiger partial charge on any atom is 0.348 e. The van der Waals surface area contributed by atoms with Crippen LogP contribution < -0.4 is 0 Å². The van der Waals surface area contributed by atoms with Gasteiger partial charge in [-0.2, -0.15) is 0 Å². The maximum atomic E-state index is 11.8. The van der Waals surface area contributed by atoms with Gasteiger partial charge in [-0.1, -0.05) is 6.92 Å². The molecule has 0 fully saturated rings. The summed E-state index contributed by atoms with van der Waals surface area (Å²) in [7, 11) is 1.39. The molecular weight excluding hydrogens is 248 g/mol. The number of rotatable bonds is 2. The van der Waals surface area contributed by atoms with E-state index in [9.17, 15) is 9.59 Å². The van der Waals surface area contributed by atoms with Crippen molar-refractivity contribution in [3.63, 3.8) is 0 Å². The Morgan fingerprint density at radius 2 is 1.72 bits per heavy atom. The van der Waals surface area contributed by atoms with Crippen LogP contribution in [0.3, 0.4) is 0 Å². The fraction of sp³-hybridized carbons (Fsp3) is 0.571. The van der Waals surface area contributed by atoms with Gasteiger partial charge in [-0.25, -0.2) is 4.79 Å². The molecule has 1 aliphatic carbocycles. The van der Waals surface area contributed by atoms with Crippen LogP contribution in [0.15, 0.2) is 0 Å². The molecule has 0 radical (unpaired) electrons. The molecule has 3 nitrogen and oxygen atoms in total. The van der Waals surface area contributed by atoms with E-state index in [0.717, 1.165) is 41.7 Å². The lowest BCUT2D eigenvalue weighted by Gasteiger charge is -2.05. The fourth-order valence-corrected chi connectivity index (χ4v) is 3.71. The van der Waals surface area contributed by atoms with Crippen LogP contribution in [0.2, 0.25) is 0 Å². The average molecular weight is 266 g/mol. The van der Waals surface area contributed by atoms with Crippen LogP contribution in [0, 0.1) is 5.92 Å². The summed E-state index contributed by atoms with van der Waals surface area (Å²) >= 11 is 1.30. The zero-order valence-electron chi connectivity index (χ0n) is 11.0. The lowest BCUT2D eigenvalue weighted by molar-refractivity contribution is 0.0605. The van der Waals surface area contributed by atoms with Crippen LogP contribution in [-0.4, -0.2) is 18.9 Å². The van der Waals surface area contributed by atoms with Gasteiger partial charge in [0.1, 0.15) is 4.88 Å².